The zero-order valence-electron chi connectivity index (χ0n) is 15.9. The van der Waals surface area contributed by atoms with Crippen LogP contribution in [-0.4, -0.2) is 29.7 Å². The summed E-state index contributed by atoms with van der Waals surface area (Å²) in [6.45, 7) is 0. The van der Waals surface area contributed by atoms with Gasteiger partial charge in [0.05, 0.1) is 27.6 Å². The second kappa shape index (κ2) is 6.78. The molecule has 1 spiro atoms. The normalized spacial score (nSPS) is 28.8. The van der Waals surface area contributed by atoms with Gasteiger partial charge in [0.15, 0.2) is 0 Å². The monoisotopic (exact) mass is 458 g/mol. The molecule has 0 aliphatic carbocycles. The van der Waals surface area contributed by atoms with Gasteiger partial charge in [0.2, 0.25) is 23.6 Å². The Hall–Kier alpha value is -2.94. The zero-order valence-corrected chi connectivity index (χ0v) is 17.4. The van der Waals surface area contributed by atoms with Gasteiger partial charge in [0.1, 0.15) is 5.54 Å². The average molecular weight is 459 g/mol. The molecule has 8 nitrogen and oxygen atoms in total. The van der Waals surface area contributed by atoms with Crippen LogP contribution in [0.15, 0.2) is 42.5 Å². The molecule has 3 aliphatic rings. The lowest BCUT2D eigenvalue weighted by atomic mass is 9.76. The quantitative estimate of drug-likeness (QED) is 0.605. The third-order valence-corrected chi connectivity index (χ3v) is 6.94. The van der Waals surface area contributed by atoms with Gasteiger partial charge in [-0.05, 0) is 24.3 Å². The zero-order chi connectivity index (χ0) is 22.1. The molecule has 2 aromatic carbocycles. The Morgan fingerprint density at radius 2 is 1.81 bits per heavy atom. The molecule has 0 aromatic heterocycles. The first kappa shape index (κ1) is 20.0. The molecule has 2 fully saturated rings. The first-order chi connectivity index (χ1) is 14.8. The molecule has 2 saturated heterocycles. The van der Waals surface area contributed by atoms with E-state index < -0.39 is 47.0 Å². The third kappa shape index (κ3) is 2.65. The third-order valence-electron chi connectivity index (χ3n) is 6.20. The summed E-state index contributed by atoms with van der Waals surface area (Å²) < 4.78 is 0. The van der Waals surface area contributed by atoms with Crippen LogP contribution in [0.25, 0.3) is 0 Å². The van der Waals surface area contributed by atoms with Crippen LogP contribution in [0, 0.1) is 11.8 Å². The average Bonchev–Trinajstić information content (AvgIpc) is 3.29. The van der Waals surface area contributed by atoms with Crippen LogP contribution < -0.4 is 21.3 Å². The molecule has 0 bridgehead atoms. The second-order valence-electron chi connectivity index (χ2n) is 7.84. The summed E-state index contributed by atoms with van der Waals surface area (Å²) in [5.74, 6) is -4.18. The minimum atomic E-state index is -1.49. The highest BCUT2D eigenvalue weighted by Gasteiger charge is 2.70. The van der Waals surface area contributed by atoms with Crippen LogP contribution >= 0.6 is 23.2 Å². The lowest BCUT2D eigenvalue weighted by molar-refractivity contribution is -0.130. The predicted molar refractivity (Wildman–Crippen MR) is 113 cm³/mol. The fraction of sp³-hybridized carbons (Fsp3) is 0.238. The molecule has 3 heterocycles. The van der Waals surface area contributed by atoms with E-state index in [2.05, 4.69) is 10.6 Å². The number of amides is 4. The number of rotatable bonds is 3. The number of anilines is 2. The number of halogens is 2. The fourth-order valence-electron chi connectivity index (χ4n) is 5.03. The Bertz CT molecular complexity index is 1190. The maximum Gasteiger partial charge on any atom is 0.250 e. The molecule has 0 radical (unpaired) electrons. The molecule has 3 aliphatic heterocycles. The van der Waals surface area contributed by atoms with Gasteiger partial charge in [0, 0.05) is 23.7 Å². The molecule has 4 N–H and O–H groups in total. The molecular formula is C21H16Cl2N4O4. The van der Waals surface area contributed by atoms with Crippen molar-refractivity contribution in [3.63, 3.8) is 0 Å². The van der Waals surface area contributed by atoms with E-state index in [1.54, 1.807) is 24.3 Å². The first-order valence-electron chi connectivity index (χ1n) is 9.55. The number of fused-ring (bicyclic) bond motifs is 4. The minimum absolute atomic E-state index is 0.183. The molecule has 4 atom stereocenters. The van der Waals surface area contributed by atoms with Crippen LogP contribution in [-0.2, 0) is 24.7 Å². The van der Waals surface area contributed by atoms with E-state index in [1.165, 1.54) is 18.2 Å². The summed E-state index contributed by atoms with van der Waals surface area (Å²) in [5, 5.41) is 6.37. The van der Waals surface area contributed by atoms with Gasteiger partial charge in [-0.1, -0.05) is 41.4 Å². The fourth-order valence-corrected chi connectivity index (χ4v) is 5.32. The van der Waals surface area contributed by atoms with E-state index in [0.717, 1.165) is 4.90 Å². The highest BCUT2D eigenvalue weighted by atomic mass is 35.5. The van der Waals surface area contributed by atoms with Gasteiger partial charge >= 0.3 is 0 Å². The summed E-state index contributed by atoms with van der Waals surface area (Å²) in [6.07, 6.45) is -0.202. The van der Waals surface area contributed by atoms with Crippen molar-refractivity contribution in [2.75, 3.05) is 10.2 Å². The van der Waals surface area contributed by atoms with E-state index >= 15 is 0 Å². The molecule has 2 aromatic rings. The smallest absolute Gasteiger partial charge is 0.250 e. The maximum absolute atomic E-state index is 13.6. The number of imide groups is 1. The van der Waals surface area contributed by atoms with Crippen molar-refractivity contribution >= 4 is 58.2 Å². The number of primary amides is 1. The van der Waals surface area contributed by atoms with Crippen molar-refractivity contribution in [2.24, 2.45) is 17.6 Å². The van der Waals surface area contributed by atoms with Crippen LogP contribution in [0.5, 0.6) is 0 Å². The molecule has 4 amide bonds. The van der Waals surface area contributed by atoms with Crippen LogP contribution in [0.4, 0.5) is 11.4 Å². The highest BCUT2D eigenvalue weighted by Crippen LogP contribution is 2.54. The van der Waals surface area contributed by atoms with Gasteiger partial charge in [-0.3, -0.25) is 24.5 Å². The number of nitrogens with zero attached hydrogens (tertiary/aromatic N) is 1. The van der Waals surface area contributed by atoms with Gasteiger partial charge in [0.25, 0.3) is 0 Å². The topological polar surface area (TPSA) is 122 Å². The van der Waals surface area contributed by atoms with Crippen molar-refractivity contribution < 1.29 is 19.2 Å². The highest BCUT2D eigenvalue weighted by molar-refractivity contribution is 6.42. The van der Waals surface area contributed by atoms with Gasteiger partial charge < -0.3 is 11.1 Å². The SMILES string of the molecule is NC(=O)CC1NC2(C(=O)Nc3ccccc32)C2C(=O)N(c3ccc(Cl)c(Cl)c3)C(=O)C12. The van der Waals surface area contributed by atoms with Gasteiger partial charge in [-0.2, -0.15) is 0 Å². The summed E-state index contributed by atoms with van der Waals surface area (Å²) in [4.78, 5) is 53.0. The number of hydrogen-bond donors (Lipinski definition) is 3. The van der Waals surface area contributed by atoms with Gasteiger partial charge in [-0.25, -0.2) is 4.90 Å². The molecule has 5 rings (SSSR count). The number of para-hydroxylation sites is 1. The largest absolute Gasteiger partial charge is 0.370 e. The van der Waals surface area contributed by atoms with Crippen LogP contribution in [0.2, 0.25) is 10.0 Å². The van der Waals surface area contributed by atoms with Gasteiger partial charge in [-0.15, -0.1) is 0 Å². The first-order valence-corrected chi connectivity index (χ1v) is 10.3. The number of carbonyl (C=O) groups is 4. The molecular weight excluding hydrogens is 443 g/mol. The Morgan fingerprint density at radius 1 is 1.06 bits per heavy atom. The Balaban J connectivity index is 1.67. The predicted octanol–water partition coefficient (Wildman–Crippen LogP) is 1.79. The van der Waals surface area contributed by atoms with Crippen molar-refractivity contribution in [3.8, 4) is 0 Å². The summed E-state index contributed by atoms with van der Waals surface area (Å²) in [5.41, 5.74) is 5.28. The van der Waals surface area contributed by atoms with E-state index in [4.69, 9.17) is 28.9 Å². The van der Waals surface area contributed by atoms with E-state index in [-0.39, 0.29) is 22.2 Å². The summed E-state index contributed by atoms with van der Waals surface area (Å²) >= 11 is 12.1. The van der Waals surface area contributed by atoms with Crippen LogP contribution in [0.3, 0.4) is 0 Å². The lowest BCUT2D eigenvalue weighted by Crippen LogP contribution is -2.53. The van der Waals surface area contributed by atoms with Crippen LogP contribution in [0.1, 0.15) is 12.0 Å². The van der Waals surface area contributed by atoms with E-state index in [1.807, 2.05) is 0 Å². The number of nitrogens with one attached hydrogen (secondary N) is 2. The molecule has 4 unspecified atom stereocenters. The number of nitrogens with two attached hydrogens (primary N) is 1. The summed E-state index contributed by atoms with van der Waals surface area (Å²) in [7, 11) is 0. The van der Waals surface area contributed by atoms with E-state index in [0.29, 0.717) is 11.3 Å². The maximum atomic E-state index is 13.6. The van der Waals surface area contributed by atoms with E-state index in [9.17, 15) is 19.2 Å². The lowest BCUT2D eigenvalue weighted by Gasteiger charge is -2.29. The Labute approximate surface area is 186 Å². The number of carbonyl (C=O) groups excluding carboxylic acids is 4. The van der Waals surface area contributed by atoms with Crippen molar-refractivity contribution in [1.29, 1.82) is 0 Å². The molecule has 10 heteroatoms. The Morgan fingerprint density at radius 3 is 2.52 bits per heavy atom. The Kier molecular flexibility index (Phi) is 4.37. The second-order valence-corrected chi connectivity index (χ2v) is 8.66. The van der Waals surface area contributed by atoms with Crippen molar-refractivity contribution in [1.82, 2.24) is 5.32 Å². The van der Waals surface area contributed by atoms with Crippen molar-refractivity contribution in [3.05, 3.63) is 58.1 Å². The minimum Gasteiger partial charge on any atom is -0.370 e. The molecule has 158 valence electrons. The summed E-state index contributed by atoms with van der Waals surface area (Å²) in [6, 6.07) is 10.6. The standard InChI is InChI=1S/C21H16Cl2N4O4/c22-11-6-5-9(7-12(11)23)27-18(29)16-14(8-15(24)28)26-21(17(16)19(27)30)10-3-1-2-4-13(10)25-20(21)31/h1-7,14,16-17,26H,8H2,(H2,24,28)(H,25,31). The van der Waals surface area contributed by atoms with Crippen molar-refractivity contribution in [2.45, 2.75) is 18.0 Å². The number of benzene rings is 2. The molecule has 31 heavy (non-hydrogen) atoms. The number of hydrogen-bond acceptors (Lipinski definition) is 5. The molecule has 0 saturated carbocycles.